The summed E-state index contributed by atoms with van der Waals surface area (Å²) in [5.41, 5.74) is 2.60. The lowest BCUT2D eigenvalue weighted by atomic mass is 10.0. The molecule has 4 rings (SSSR count). The van der Waals surface area contributed by atoms with Crippen LogP contribution in [0.3, 0.4) is 0 Å². The number of aromatic nitrogens is 2. The molecule has 0 radical (unpaired) electrons. The Morgan fingerprint density at radius 1 is 1.07 bits per heavy atom. The van der Waals surface area contributed by atoms with Crippen LogP contribution in [0.2, 0.25) is 5.02 Å². The molecule has 28 heavy (non-hydrogen) atoms. The third-order valence-electron chi connectivity index (χ3n) is 4.43. The molecule has 4 aromatic rings. The van der Waals surface area contributed by atoms with Crippen LogP contribution < -0.4 is 9.47 Å². The Balaban J connectivity index is 1.65. The van der Waals surface area contributed by atoms with Gasteiger partial charge in [-0.3, -0.25) is 4.79 Å². The zero-order valence-electron chi connectivity index (χ0n) is 15.1. The molecule has 2 aromatic carbocycles. The third-order valence-corrected chi connectivity index (χ3v) is 4.68. The van der Waals surface area contributed by atoms with E-state index in [0.717, 1.165) is 10.9 Å². The number of rotatable bonds is 6. The molecule has 0 spiro atoms. The lowest BCUT2D eigenvalue weighted by Gasteiger charge is -2.14. The largest absolute Gasteiger partial charge is 0.492 e. The molecule has 0 fully saturated rings. The Bertz CT molecular complexity index is 1140. The van der Waals surface area contributed by atoms with Crippen LogP contribution in [0.25, 0.3) is 11.0 Å². The molecule has 0 aliphatic rings. The maximum absolute atomic E-state index is 13.2. The van der Waals surface area contributed by atoms with Gasteiger partial charge in [0.2, 0.25) is 0 Å². The molecular formula is C22H17ClN2O3. The fourth-order valence-electron chi connectivity index (χ4n) is 3.05. The minimum Gasteiger partial charge on any atom is -0.492 e. The van der Waals surface area contributed by atoms with E-state index >= 15 is 0 Å². The van der Waals surface area contributed by atoms with Crippen LogP contribution in [0.1, 0.15) is 21.5 Å². The molecule has 0 unspecified atom stereocenters. The molecule has 2 heterocycles. The van der Waals surface area contributed by atoms with Gasteiger partial charge in [0.15, 0.2) is 17.3 Å². The van der Waals surface area contributed by atoms with Gasteiger partial charge in [-0.2, -0.15) is 0 Å². The topological polar surface area (TPSA) is 64.2 Å². The van der Waals surface area contributed by atoms with E-state index in [-0.39, 0.29) is 5.78 Å². The highest BCUT2D eigenvalue weighted by molar-refractivity contribution is 6.30. The van der Waals surface area contributed by atoms with Crippen molar-refractivity contribution in [3.8, 4) is 11.5 Å². The van der Waals surface area contributed by atoms with E-state index in [2.05, 4.69) is 9.97 Å². The normalized spacial score (nSPS) is 10.8. The number of para-hydroxylation sites is 1. The molecule has 0 atom stereocenters. The number of nitrogens with one attached hydrogen (secondary N) is 1. The van der Waals surface area contributed by atoms with Crippen LogP contribution in [0.15, 0.2) is 67.0 Å². The Hall–Kier alpha value is -3.31. The van der Waals surface area contributed by atoms with Crippen molar-refractivity contribution in [2.45, 2.75) is 6.61 Å². The van der Waals surface area contributed by atoms with E-state index in [1.54, 1.807) is 36.7 Å². The number of pyridine rings is 1. The average Bonchev–Trinajstić information content (AvgIpc) is 3.16. The van der Waals surface area contributed by atoms with E-state index in [1.165, 1.54) is 7.11 Å². The number of methoxy groups -OCH3 is 1. The van der Waals surface area contributed by atoms with E-state index < -0.39 is 0 Å². The second-order valence-electron chi connectivity index (χ2n) is 6.18. The standard InChI is InChI=1S/C22H17ClN2O3/c1-27-21-17(20(26)18-12-25-22-16(18)5-3-11-24-22)4-2-6-19(21)28-13-14-7-9-15(23)10-8-14/h2-12H,13H2,1H3,(H,24,25). The number of aromatic amines is 1. The number of fused-ring (bicyclic) bond motifs is 1. The monoisotopic (exact) mass is 392 g/mol. The maximum Gasteiger partial charge on any atom is 0.199 e. The van der Waals surface area contributed by atoms with Crippen LogP contribution in [-0.2, 0) is 6.61 Å². The summed E-state index contributed by atoms with van der Waals surface area (Å²) in [6.45, 7) is 0.335. The fraction of sp³-hybridized carbons (Fsp3) is 0.0909. The third kappa shape index (κ3) is 3.44. The van der Waals surface area contributed by atoms with Gasteiger partial charge in [-0.05, 0) is 42.0 Å². The first-order chi connectivity index (χ1) is 13.7. The number of benzene rings is 2. The van der Waals surface area contributed by atoms with Crippen LogP contribution >= 0.6 is 11.6 Å². The van der Waals surface area contributed by atoms with E-state index in [4.69, 9.17) is 21.1 Å². The predicted octanol–water partition coefficient (Wildman–Crippen LogP) is 5.03. The van der Waals surface area contributed by atoms with Gasteiger partial charge in [-0.1, -0.05) is 29.8 Å². The number of ketones is 1. The zero-order valence-corrected chi connectivity index (χ0v) is 15.9. The van der Waals surface area contributed by atoms with Gasteiger partial charge < -0.3 is 14.5 Å². The van der Waals surface area contributed by atoms with E-state index in [1.807, 2.05) is 30.3 Å². The summed E-state index contributed by atoms with van der Waals surface area (Å²) in [4.78, 5) is 20.4. The summed E-state index contributed by atoms with van der Waals surface area (Å²) >= 11 is 5.92. The van der Waals surface area contributed by atoms with Crippen molar-refractivity contribution < 1.29 is 14.3 Å². The summed E-state index contributed by atoms with van der Waals surface area (Å²) in [6.07, 6.45) is 3.35. The zero-order chi connectivity index (χ0) is 19.5. The van der Waals surface area contributed by atoms with Gasteiger partial charge in [0, 0.05) is 28.4 Å². The minimum absolute atomic E-state index is 0.159. The number of ether oxygens (including phenoxy) is 2. The molecular weight excluding hydrogens is 376 g/mol. The van der Waals surface area contributed by atoms with Gasteiger partial charge in [0.25, 0.3) is 0 Å². The minimum atomic E-state index is -0.159. The van der Waals surface area contributed by atoms with Crippen molar-refractivity contribution in [2.24, 2.45) is 0 Å². The number of H-pyrrole nitrogens is 1. The lowest BCUT2D eigenvalue weighted by Crippen LogP contribution is -2.06. The lowest BCUT2D eigenvalue weighted by molar-refractivity contribution is 0.103. The molecule has 2 aromatic heterocycles. The van der Waals surface area contributed by atoms with Crippen molar-refractivity contribution in [2.75, 3.05) is 7.11 Å². The highest BCUT2D eigenvalue weighted by Crippen LogP contribution is 2.34. The molecule has 0 bridgehead atoms. The van der Waals surface area contributed by atoms with Crippen LogP contribution in [-0.4, -0.2) is 22.9 Å². The molecule has 0 amide bonds. The SMILES string of the molecule is COc1c(OCc2ccc(Cl)cc2)cccc1C(=O)c1c[nH]c2ncccc12. The Labute approximate surface area is 166 Å². The highest BCUT2D eigenvalue weighted by atomic mass is 35.5. The summed E-state index contributed by atoms with van der Waals surface area (Å²) in [6, 6.07) is 16.3. The van der Waals surface area contributed by atoms with Crippen molar-refractivity contribution in [1.82, 2.24) is 9.97 Å². The quantitative estimate of drug-likeness (QED) is 0.467. The fourth-order valence-corrected chi connectivity index (χ4v) is 3.18. The number of carbonyl (C=O) groups is 1. The van der Waals surface area contributed by atoms with Crippen LogP contribution in [0.5, 0.6) is 11.5 Å². The second-order valence-corrected chi connectivity index (χ2v) is 6.62. The van der Waals surface area contributed by atoms with Gasteiger partial charge in [-0.15, -0.1) is 0 Å². The Morgan fingerprint density at radius 2 is 1.89 bits per heavy atom. The summed E-state index contributed by atoms with van der Waals surface area (Å²) in [5, 5.41) is 1.43. The number of halogens is 1. The number of nitrogens with zero attached hydrogens (tertiary/aromatic N) is 1. The first kappa shape index (κ1) is 18.1. The number of hydrogen-bond donors (Lipinski definition) is 1. The average molecular weight is 393 g/mol. The predicted molar refractivity (Wildman–Crippen MR) is 108 cm³/mol. The molecule has 0 saturated heterocycles. The van der Waals surface area contributed by atoms with Crippen molar-refractivity contribution in [3.05, 3.63) is 88.7 Å². The smallest absolute Gasteiger partial charge is 0.199 e. The van der Waals surface area contributed by atoms with Gasteiger partial charge in [0.1, 0.15) is 12.3 Å². The van der Waals surface area contributed by atoms with Crippen LogP contribution in [0, 0.1) is 0 Å². The van der Waals surface area contributed by atoms with Gasteiger partial charge in [0.05, 0.1) is 12.7 Å². The highest BCUT2D eigenvalue weighted by Gasteiger charge is 2.21. The molecule has 0 aliphatic carbocycles. The Morgan fingerprint density at radius 3 is 2.68 bits per heavy atom. The first-order valence-electron chi connectivity index (χ1n) is 8.68. The molecule has 5 nitrogen and oxygen atoms in total. The van der Waals surface area contributed by atoms with E-state index in [0.29, 0.717) is 39.9 Å². The molecule has 1 N–H and O–H groups in total. The van der Waals surface area contributed by atoms with Crippen molar-refractivity contribution >= 4 is 28.4 Å². The summed E-state index contributed by atoms with van der Waals surface area (Å²) < 4.78 is 11.4. The second kappa shape index (κ2) is 7.74. The number of carbonyl (C=O) groups excluding carboxylic acids is 1. The molecule has 140 valence electrons. The summed E-state index contributed by atoms with van der Waals surface area (Å²) in [5.74, 6) is 0.744. The Kier molecular flexibility index (Phi) is 5.00. The number of hydrogen-bond acceptors (Lipinski definition) is 4. The van der Waals surface area contributed by atoms with Crippen molar-refractivity contribution in [3.63, 3.8) is 0 Å². The van der Waals surface area contributed by atoms with Crippen molar-refractivity contribution in [1.29, 1.82) is 0 Å². The van der Waals surface area contributed by atoms with Gasteiger partial charge >= 0.3 is 0 Å². The van der Waals surface area contributed by atoms with E-state index in [9.17, 15) is 4.79 Å². The molecule has 6 heteroatoms. The van der Waals surface area contributed by atoms with Crippen LogP contribution in [0.4, 0.5) is 0 Å². The molecule has 0 aliphatic heterocycles. The summed E-state index contributed by atoms with van der Waals surface area (Å²) in [7, 11) is 1.53. The first-order valence-corrected chi connectivity index (χ1v) is 9.06. The maximum atomic E-state index is 13.2. The molecule has 0 saturated carbocycles. The van der Waals surface area contributed by atoms with Gasteiger partial charge in [-0.25, -0.2) is 4.98 Å².